The molecule has 0 aromatic heterocycles. The molecule has 1 aromatic carbocycles. The highest BCUT2D eigenvalue weighted by atomic mass is 35.5. The van der Waals surface area contributed by atoms with E-state index in [4.69, 9.17) is 21.1 Å². The van der Waals surface area contributed by atoms with Crippen LogP contribution in [0.3, 0.4) is 0 Å². The molecule has 2 heterocycles. The van der Waals surface area contributed by atoms with Crippen LogP contribution in [-0.2, 0) is 16.1 Å². The second-order valence-electron chi connectivity index (χ2n) is 5.59. The zero-order valence-corrected chi connectivity index (χ0v) is 12.1. The van der Waals surface area contributed by atoms with Crippen molar-refractivity contribution in [3.05, 3.63) is 34.6 Å². The predicted molar refractivity (Wildman–Crippen MR) is 75.4 cm³/mol. The first-order valence-corrected chi connectivity index (χ1v) is 7.45. The van der Waals surface area contributed by atoms with Gasteiger partial charge >= 0.3 is 0 Å². The molecular formula is C15H19ClFNO2. The molecule has 0 aliphatic carbocycles. The van der Waals surface area contributed by atoms with Gasteiger partial charge in [0.2, 0.25) is 0 Å². The highest BCUT2D eigenvalue weighted by Crippen LogP contribution is 2.35. The van der Waals surface area contributed by atoms with Crippen LogP contribution in [0.5, 0.6) is 0 Å². The molecule has 5 heteroatoms. The van der Waals surface area contributed by atoms with E-state index in [0.29, 0.717) is 18.8 Å². The van der Waals surface area contributed by atoms with E-state index in [0.717, 1.165) is 32.4 Å². The number of hydrogen-bond donors (Lipinski definition) is 1. The second kappa shape index (κ2) is 5.98. The van der Waals surface area contributed by atoms with Crippen molar-refractivity contribution in [2.45, 2.75) is 37.6 Å². The fourth-order valence-electron chi connectivity index (χ4n) is 3.01. The third kappa shape index (κ3) is 2.98. The number of halogens is 2. The van der Waals surface area contributed by atoms with Gasteiger partial charge in [-0.15, -0.1) is 0 Å². The molecule has 0 saturated carbocycles. The maximum atomic E-state index is 13.3. The van der Waals surface area contributed by atoms with Crippen LogP contribution in [0.25, 0.3) is 0 Å². The van der Waals surface area contributed by atoms with Crippen LogP contribution in [0.4, 0.5) is 4.39 Å². The van der Waals surface area contributed by atoms with Gasteiger partial charge in [0.05, 0.1) is 29.9 Å². The molecular weight excluding hydrogens is 281 g/mol. The lowest BCUT2D eigenvalue weighted by Gasteiger charge is -2.32. The zero-order chi connectivity index (χ0) is 14.0. The van der Waals surface area contributed by atoms with Crippen molar-refractivity contribution in [3.63, 3.8) is 0 Å². The summed E-state index contributed by atoms with van der Waals surface area (Å²) >= 11 is 5.93. The lowest BCUT2D eigenvalue weighted by molar-refractivity contribution is -0.0240. The molecule has 3 nitrogen and oxygen atoms in total. The van der Waals surface area contributed by atoms with Crippen LogP contribution in [0.15, 0.2) is 18.2 Å². The van der Waals surface area contributed by atoms with Crippen molar-refractivity contribution in [1.82, 2.24) is 5.32 Å². The van der Waals surface area contributed by atoms with Gasteiger partial charge in [0.15, 0.2) is 0 Å². The lowest BCUT2D eigenvalue weighted by atomic mass is 9.89. The minimum atomic E-state index is -0.398. The Hall–Kier alpha value is -0.680. The number of rotatable bonds is 3. The van der Waals surface area contributed by atoms with Crippen LogP contribution < -0.4 is 5.32 Å². The van der Waals surface area contributed by atoms with Crippen LogP contribution in [0, 0.1) is 5.82 Å². The van der Waals surface area contributed by atoms with E-state index >= 15 is 0 Å². The number of piperidine rings is 1. The van der Waals surface area contributed by atoms with E-state index in [1.54, 1.807) is 12.1 Å². The molecule has 1 spiro atoms. The summed E-state index contributed by atoms with van der Waals surface area (Å²) in [6.07, 6.45) is 3.07. The van der Waals surface area contributed by atoms with Gasteiger partial charge in [0.25, 0.3) is 0 Å². The topological polar surface area (TPSA) is 30.5 Å². The van der Waals surface area contributed by atoms with E-state index in [-0.39, 0.29) is 16.7 Å². The molecule has 0 bridgehead atoms. The molecule has 110 valence electrons. The number of nitrogens with one attached hydrogen (secondary N) is 1. The predicted octanol–water partition coefficient (Wildman–Crippen LogP) is 2.91. The van der Waals surface area contributed by atoms with Crippen LogP contribution in [-0.4, -0.2) is 31.4 Å². The van der Waals surface area contributed by atoms with E-state index in [1.165, 1.54) is 6.07 Å². The Morgan fingerprint density at radius 2 is 2.20 bits per heavy atom. The van der Waals surface area contributed by atoms with Crippen molar-refractivity contribution in [1.29, 1.82) is 0 Å². The quantitative estimate of drug-likeness (QED) is 0.931. The molecule has 2 saturated heterocycles. The Bertz CT molecular complexity index is 477. The Morgan fingerprint density at radius 3 is 3.00 bits per heavy atom. The molecule has 1 unspecified atom stereocenters. The lowest BCUT2D eigenvalue weighted by Crippen LogP contribution is -2.41. The molecule has 1 atom stereocenters. The molecule has 0 radical (unpaired) electrons. The Balaban J connectivity index is 1.56. The normalized spacial score (nSPS) is 25.2. The van der Waals surface area contributed by atoms with Crippen LogP contribution >= 0.6 is 11.6 Å². The average molecular weight is 300 g/mol. The first-order valence-electron chi connectivity index (χ1n) is 7.08. The van der Waals surface area contributed by atoms with Gasteiger partial charge in [0.1, 0.15) is 5.82 Å². The Morgan fingerprint density at radius 1 is 1.40 bits per heavy atom. The molecule has 0 amide bonds. The van der Waals surface area contributed by atoms with Gasteiger partial charge in [-0.3, -0.25) is 0 Å². The third-order valence-corrected chi connectivity index (χ3v) is 4.62. The minimum Gasteiger partial charge on any atom is -0.372 e. The van der Waals surface area contributed by atoms with Crippen LogP contribution in [0.2, 0.25) is 5.02 Å². The molecule has 2 fully saturated rings. The van der Waals surface area contributed by atoms with Crippen molar-refractivity contribution < 1.29 is 13.9 Å². The highest BCUT2D eigenvalue weighted by molar-refractivity contribution is 6.31. The minimum absolute atomic E-state index is 0.0123. The number of ether oxygens (including phenoxy) is 2. The van der Waals surface area contributed by atoms with Gasteiger partial charge in [-0.25, -0.2) is 4.39 Å². The summed E-state index contributed by atoms with van der Waals surface area (Å²) in [6.45, 7) is 2.96. The highest BCUT2D eigenvalue weighted by Gasteiger charge is 2.41. The van der Waals surface area contributed by atoms with E-state index in [2.05, 4.69) is 5.32 Å². The van der Waals surface area contributed by atoms with Gasteiger partial charge in [-0.2, -0.15) is 0 Å². The first-order chi connectivity index (χ1) is 9.69. The third-order valence-electron chi connectivity index (χ3n) is 4.20. The van der Waals surface area contributed by atoms with E-state index in [9.17, 15) is 4.39 Å². The van der Waals surface area contributed by atoms with Gasteiger partial charge < -0.3 is 14.8 Å². The average Bonchev–Trinajstić information content (AvgIpc) is 2.84. The Labute approximate surface area is 123 Å². The molecule has 20 heavy (non-hydrogen) atoms. The van der Waals surface area contributed by atoms with Crippen LogP contribution in [0.1, 0.15) is 24.8 Å². The van der Waals surface area contributed by atoms with Crippen molar-refractivity contribution in [2.75, 3.05) is 19.7 Å². The monoisotopic (exact) mass is 299 g/mol. The van der Waals surface area contributed by atoms with Crippen molar-refractivity contribution in [2.24, 2.45) is 0 Å². The summed E-state index contributed by atoms with van der Waals surface area (Å²) in [4.78, 5) is 0. The van der Waals surface area contributed by atoms with Gasteiger partial charge in [-0.05, 0) is 37.6 Å². The maximum Gasteiger partial charge on any atom is 0.142 e. The zero-order valence-electron chi connectivity index (χ0n) is 11.3. The fraction of sp³-hybridized carbons (Fsp3) is 0.600. The Kier molecular flexibility index (Phi) is 4.26. The summed E-state index contributed by atoms with van der Waals surface area (Å²) < 4.78 is 25.2. The smallest absolute Gasteiger partial charge is 0.142 e. The number of benzene rings is 1. The van der Waals surface area contributed by atoms with E-state index < -0.39 is 5.82 Å². The van der Waals surface area contributed by atoms with E-state index in [1.807, 2.05) is 0 Å². The van der Waals surface area contributed by atoms with Crippen molar-refractivity contribution >= 4 is 11.6 Å². The van der Waals surface area contributed by atoms with Gasteiger partial charge in [0, 0.05) is 6.42 Å². The fourth-order valence-corrected chi connectivity index (χ4v) is 3.19. The maximum absolute atomic E-state index is 13.3. The summed E-state index contributed by atoms with van der Waals surface area (Å²) in [5.41, 5.74) is 0.680. The summed E-state index contributed by atoms with van der Waals surface area (Å²) in [5, 5.41) is 3.50. The summed E-state index contributed by atoms with van der Waals surface area (Å²) in [6, 6.07) is 4.80. The molecule has 1 N–H and O–H groups in total. The molecule has 3 rings (SSSR count). The largest absolute Gasteiger partial charge is 0.372 e. The summed E-state index contributed by atoms with van der Waals surface area (Å²) in [7, 11) is 0. The first kappa shape index (κ1) is 14.3. The summed E-state index contributed by atoms with van der Waals surface area (Å²) in [5.74, 6) is -0.398. The number of hydrogen-bond acceptors (Lipinski definition) is 3. The molecule has 2 aliphatic heterocycles. The SMILES string of the molecule is Fc1cccc(COC2COC3(CCNCC3)C2)c1Cl. The molecule has 2 aliphatic rings. The molecule has 1 aromatic rings. The second-order valence-corrected chi connectivity index (χ2v) is 5.97. The van der Waals surface area contributed by atoms with Crippen molar-refractivity contribution in [3.8, 4) is 0 Å². The standard InChI is InChI=1S/C15H19ClFNO2/c16-14-11(2-1-3-13(14)17)9-19-12-8-15(20-10-12)4-6-18-7-5-15/h1-3,12,18H,4-10H2. The van der Waals surface area contributed by atoms with Gasteiger partial charge in [-0.1, -0.05) is 23.7 Å².